The predicted octanol–water partition coefficient (Wildman–Crippen LogP) is 2.63. The van der Waals surface area contributed by atoms with E-state index in [1.165, 1.54) is 5.56 Å². The van der Waals surface area contributed by atoms with Gasteiger partial charge in [-0.05, 0) is 23.6 Å². The van der Waals surface area contributed by atoms with E-state index >= 15 is 0 Å². The highest BCUT2D eigenvalue weighted by atomic mass is 16.5. The molecule has 4 nitrogen and oxygen atoms in total. The van der Waals surface area contributed by atoms with Crippen molar-refractivity contribution in [2.45, 2.75) is 26.5 Å². The number of hydrogen-bond donors (Lipinski definition) is 1. The van der Waals surface area contributed by atoms with Gasteiger partial charge in [0.05, 0.1) is 18.1 Å². The van der Waals surface area contributed by atoms with Crippen LogP contribution in [0.1, 0.15) is 25.3 Å². The summed E-state index contributed by atoms with van der Waals surface area (Å²) in [6.07, 6.45) is 3.34. The molecule has 2 rings (SSSR count). The lowest BCUT2D eigenvalue weighted by atomic mass is 10.0. The summed E-state index contributed by atoms with van der Waals surface area (Å²) < 4.78 is 7.24. The Hall–Kier alpha value is -1.97. The zero-order chi connectivity index (χ0) is 12.3. The molecule has 0 saturated heterocycles. The highest BCUT2D eigenvalue weighted by molar-refractivity contribution is 5.30. The van der Waals surface area contributed by atoms with E-state index in [4.69, 9.17) is 10.5 Å². The van der Waals surface area contributed by atoms with Gasteiger partial charge in [-0.1, -0.05) is 26.0 Å². The van der Waals surface area contributed by atoms with E-state index in [0.29, 0.717) is 18.3 Å². The van der Waals surface area contributed by atoms with Gasteiger partial charge in [-0.25, -0.2) is 4.68 Å². The molecule has 0 atom stereocenters. The molecule has 0 bridgehead atoms. The van der Waals surface area contributed by atoms with Crippen LogP contribution in [0.15, 0.2) is 36.7 Å². The molecule has 0 saturated carbocycles. The van der Waals surface area contributed by atoms with Gasteiger partial charge in [0.2, 0.25) is 0 Å². The number of ether oxygens (including phenoxy) is 1. The molecule has 0 spiro atoms. The van der Waals surface area contributed by atoms with Crippen molar-refractivity contribution in [3.05, 3.63) is 42.2 Å². The average molecular weight is 231 g/mol. The van der Waals surface area contributed by atoms with Crippen LogP contribution in [-0.4, -0.2) is 9.78 Å². The second kappa shape index (κ2) is 4.91. The Morgan fingerprint density at radius 3 is 2.53 bits per heavy atom. The number of rotatable bonds is 4. The van der Waals surface area contributed by atoms with Crippen molar-refractivity contribution in [3.63, 3.8) is 0 Å². The van der Waals surface area contributed by atoms with Gasteiger partial charge in [-0.15, -0.1) is 0 Å². The first-order valence-electron chi connectivity index (χ1n) is 5.66. The molecule has 1 aromatic carbocycles. The normalized spacial score (nSPS) is 10.8. The van der Waals surface area contributed by atoms with Crippen LogP contribution in [0.4, 0.5) is 5.69 Å². The lowest BCUT2D eigenvalue weighted by Crippen LogP contribution is -2.05. The van der Waals surface area contributed by atoms with Crippen molar-refractivity contribution in [2.24, 2.45) is 0 Å². The third-order valence-corrected chi connectivity index (χ3v) is 2.56. The fourth-order valence-corrected chi connectivity index (χ4v) is 1.54. The summed E-state index contributed by atoms with van der Waals surface area (Å²) in [5.74, 6) is 1.37. The molecule has 0 amide bonds. The molecule has 2 aromatic rings. The summed E-state index contributed by atoms with van der Waals surface area (Å²) in [4.78, 5) is 0. The maximum Gasteiger partial charge on any atom is 0.180 e. The Bertz CT molecular complexity index is 474. The molecular weight excluding hydrogens is 214 g/mol. The first kappa shape index (κ1) is 11.5. The smallest absolute Gasteiger partial charge is 0.180 e. The van der Waals surface area contributed by atoms with Crippen LogP contribution in [0, 0.1) is 0 Å². The number of benzene rings is 1. The number of anilines is 1. The van der Waals surface area contributed by atoms with Gasteiger partial charge < -0.3 is 10.5 Å². The van der Waals surface area contributed by atoms with Gasteiger partial charge in [0.15, 0.2) is 6.73 Å². The zero-order valence-electron chi connectivity index (χ0n) is 10.1. The van der Waals surface area contributed by atoms with E-state index in [-0.39, 0.29) is 0 Å². The third-order valence-electron chi connectivity index (χ3n) is 2.56. The summed E-state index contributed by atoms with van der Waals surface area (Å²) in [7, 11) is 0. The van der Waals surface area contributed by atoms with Crippen molar-refractivity contribution in [1.82, 2.24) is 9.78 Å². The van der Waals surface area contributed by atoms with Gasteiger partial charge in [0.1, 0.15) is 5.75 Å². The molecule has 0 radical (unpaired) electrons. The molecule has 17 heavy (non-hydrogen) atoms. The van der Waals surface area contributed by atoms with Crippen molar-refractivity contribution in [2.75, 3.05) is 5.73 Å². The van der Waals surface area contributed by atoms with Gasteiger partial charge in [0.25, 0.3) is 0 Å². The second-order valence-electron chi connectivity index (χ2n) is 4.31. The van der Waals surface area contributed by atoms with Crippen molar-refractivity contribution in [3.8, 4) is 5.75 Å². The quantitative estimate of drug-likeness (QED) is 0.880. The summed E-state index contributed by atoms with van der Waals surface area (Å²) in [6.45, 7) is 4.71. The van der Waals surface area contributed by atoms with Crippen LogP contribution in [-0.2, 0) is 6.73 Å². The molecule has 0 aliphatic rings. The maximum absolute atomic E-state index is 5.59. The minimum Gasteiger partial charge on any atom is -0.471 e. The molecule has 0 aliphatic carbocycles. The number of hydrogen-bond acceptors (Lipinski definition) is 3. The third kappa shape index (κ3) is 3.00. The molecular formula is C13H17N3O. The van der Waals surface area contributed by atoms with Gasteiger partial charge in [0, 0.05) is 0 Å². The molecule has 90 valence electrons. The van der Waals surface area contributed by atoms with Crippen LogP contribution in [0.5, 0.6) is 5.75 Å². The number of nitrogen functional groups attached to an aromatic ring is 1. The van der Waals surface area contributed by atoms with E-state index in [1.54, 1.807) is 17.1 Å². The number of nitrogens with two attached hydrogens (primary N) is 1. The standard InChI is InChI=1S/C13H17N3O/c1-10(2)11-3-5-13(6-4-11)17-9-16-8-12(14)7-15-16/h3-8,10H,9,14H2,1-2H3. The Morgan fingerprint density at radius 1 is 1.29 bits per heavy atom. The summed E-state index contributed by atoms with van der Waals surface area (Å²) in [5.41, 5.74) is 7.51. The number of nitrogens with zero attached hydrogens (tertiary/aromatic N) is 2. The monoisotopic (exact) mass is 231 g/mol. The lowest BCUT2D eigenvalue weighted by Gasteiger charge is -2.08. The van der Waals surface area contributed by atoms with Crippen LogP contribution in [0.25, 0.3) is 0 Å². The SMILES string of the molecule is CC(C)c1ccc(OCn2cc(N)cn2)cc1. The Labute approximate surface area is 101 Å². The first-order chi connectivity index (χ1) is 8.15. The lowest BCUT2D eigenvalue weighted by molar-refractivity contribution is 0.221. The minimum absolute atomic E-state index is 0.373. The summed E-state index contributed by atoms with van der Waals surface area (Å²) >= 11 is 0. The zero-order valence-corrected chi connectivity index (χ0v) is 10.1. The molecule has 0 aliphatic heterocycles. The predicted molar refractivity (Wildman–Crippen MR) is 67.8 cm³/mol. The van der Waals surface area contributed by atoms with Gasteiger partial charge >= 0.3 is 0 Å². The molecule has 4 heteroatoms. The van der Waals surface area contributed by atoms with Crippen molar-refractivity contribution < 1.29 is 4.74 Å². The van der Waals surface area contributed by atoms with Gasteiger partial charge in [-0.2, -0.15) is 5.10 Å². The molecule has 1 heterocycles. The fourth-order valence-electron chi connectivity index (χ4n) is 1.54. The van der Waals surface area contributed by atoms with Crippen LogP contribution >= 0.6 is 0 Å². The fraction of sp³-hybridized carbons (Fsp3) is 0.308. The average Bonchev–Trinajstić information content (AvgIpc) is 2.73. The van der Waals surface area contributed by atoms with Crippen LogP contribution in [0.2, 0.25) is 0 Å². The van der Waals surface area contributed by atoms with Crippen LogP contribution in [0.3, 0.4) is 0 Å². The van der Waals surface area contributed by atoms with E-state index in [1.807, 2.05) is 12.1 Å². The first-order valence-corrected chi connectivity index (χ1v) is 5.66. The molecule has 2 N–H and O–H groups in total. The van der Waals surface area contributed by atoms with E-state index in [0.717, 1.165) is 5.75 Å². The largest absolute Gasteiger partial charge is 0.471 e. The molecule has 1 aromatic heterocycles. The number of aromatic nitrogens is 2. The van der Waals surface area contributed by atoms with E-state index in [9.17, 15) is 0 Å². The van der Waals surface area contributed by atoms with Gasteiger partial charge in [-0.3, -0.25) is 0 Å². The molecule has 0 fully saturated rings. The Morgan fingerprint density at radius 2 is 2.00 bits per heavy atom. The minimum atomic E-state index is 0.373. The highest BCUT2D eigenvalue weighted by Crippen LogP contribution is 2.18. The Kier molecular flexibility index (Phi) is 3.32. The molecule has 0 unspecified atom stereocenters. The second-order valence-corrected chi connectivity index (χ2v) is 4.31. The Balaban J connectivity index is 1.95. The van der Waals surface area contributed by atoms with Crippen LogP contribution < -0.4 is 10.5 Å². The summed E-state index contributed by atoms with van der Waals surface area (Å²) in [6, 6.07) is 8.11. The van der Waals surface area contributed by atoms with Crippen molar-refractivity contribution in [1.29, 1.82) is 0 Å². The highest BCUT2D eigenvalue weighted by Gasteiger charge is 2.00. The van der Waals surface area contributed by atoms with E-state index in [2.05, 4.69) is 31.1 Å². The topological polar surface area (TPSA) is 53.1 Å². The van der Waals surface area contributed by atoms with E-state index < -0.39 is 0 Å². The summed E-state index contributed by atoms with van der Waals surface area (Å²) in [5, 5.41) is 4.04. The van der Waals surface area contributed by atoms with Crippen molar-refractivity contribution >= 4 is 5.69 Å². The maximum atomic E-state index is 5.59.